The zero-order valence-corrected chi connectivity index (χ0v) is 11.4. The first-order chi connectivity index (χ1) is 8.26. The molecule has 1 atom stereocenters. The maximum absolute atomic E-state index is 9.39. The van der Waals surface area contributed by atoms with Crippen LogP contribution in [0.1, 0.15) is 24.4 Å². The lowest BCUT2D eigenvalue weighted by atomic mass is 10.1. The molecule has 0 saturated carbocycles. The lowest BCUT2D eigenvalue weighted by molar-refractivity contribution is 0.286. The molecule has 1 unspecified atom stereocenters. The third-order valence-electron chi connectivity index (χ3n) is 3.11. The molecule has 1 aromatic carbocycles. The number of rotatable bonds is 3. The molecule has 1 saturated heterocycles. The van der Waals surface area contributed by atoms with Crippen LogP contribution in [0.25, 0.3) is 0 Å². The fourth-order valence-electron chi connectivity index (χ4n) is 2.27. The van der Waals surface area contributed by atoms with Crippen molar-refractivity contribution in [1.82, 2.24) is 4.90 Å². The van der Waals surface area contributed by atoms with Crippen LogP contribution in [0.4, 0.5) is 0 Å². The number of hydrogen-bond acceptors (Lipinski definition) is 3. The summed E-state index contributed by atoms with van der Waals surface area (Å²) in [6.45, 7) is 1.99. The van der Waals surface area contributed by atoms with Gasteiger partial charge in [0.05, 0.1) is 13.2 Å². The summed E-state index contributed by atoms with van der Waals surface area (Å²) in [7, 11) is 1.64. The molecular formula is C13H15BrN2O. The van der Waals surface area contributed by atoms with Crippen LogP contribution in [0, 0.1) is 11.3 Å². The molecule has 0 amide bonds. The Morgan fingerprint density at radius 2 is 2.12 bits per heavy atom. The van der Waals surface area contributed by atoms with Crippen LogP contribution in [-0.4, -0.2) is 25.1 Å². The van der Waals surface area contributed by atoms with Gasteiger partial charge in [-0.1, -0.05) is 15.9 Å². The van der Waals surface area contributed by atoms with Crippen molar-refractivity contribution in [1.29, 1.82) is 5.26 Å². The fraction of sp³-hybridized carbons (Fsp3) is 0.462. The normalized spacial score (nSPS) is 17.7. The topological polar surface area (TPSA) is 36.3 Å². The Morgan fingerprint density at radius 1 is 1.41 bits per heavy atom. The van der Waals surface area contributed by atoms with E-state index in [0.717, 1.165) is 28.9 Å². The standard InChI is InChI=1S/C13H15BrN2O/c1-17-13-5-4-10(14)8-11(13)12(9-15)16-6-2-3-7-16/h4-5,8,12H,2-3,6-7H2,1H3. The third kappa shape index (κ3) is 2.62. The number of ether oxygens (including phenoxy) is 1. The van der Waals surface area contributed by atoms with E-state index in [1.54, 1.807) is 7.11 Å². The molecule has 1 aromatic rings. The number of nitrogens with zero attached hydrogens (tertiary/aromatic N) is 2. The van der Waals surface area contributed by atoms with Crippen LogP contribution in [-0.2, 0) is 0 Å². The fourth-order valence-corrected chi connectivity index (χ4v) is 2.65. The smallest absolute Gasteiger partial charge is 0.127 e. The maximum Gasteiger partial charge on any atom is 0.127 e. The molecule has 90 valence electrons. The highest BCUT2D eigenvalue weighted by Crippen LogP contribution is 2.33. The molecule has 0 spiro atoms. The molecule has 17 heavy (non-hydrogen) atoms. The van der Waals surface area contributed by atoms with Gasteiger partial charge in [-0.3, -0.25) is 4.90 Å². The minimum absolute atomic E-state index is 0.204. The Morgan fingerprint density at radius 3 is 2.71 bits per heavy atom. The average molecular weight is 295 g/mol. The SMILES string of the molecule is COc1ccc(Br)cc1C(C#N)N1CCCC1. The summed E-state index contributed by atoms with van der Waals surface area (Å²) in [5.41, 5.74) is 0.950. The van der Waals surface area contributed by atoms with E-state index in [1.807, 2.05) is 18.2 Å². The minimum atomic E-state index is -0.204. The molecule has 1 fully saturated rings. The second kappa shape index (κ2) is 5.52. The summed E-state index contributed by atoms with van der Waals surface area (Å²) in [5.74, 6) is 0.784. The summed E-state index contributed by atoms with van der Waals surface area (Å²) in [4.78, 5) is 2.21. The van der Waals surface area contributed by atoms with Crippen LogP contribution in [0.5, 0.6) is 5.75 Å². The number of nitriles is 1. The molecule has 3 nitrogen and oxygen atoms in total. The van der Waals surface area contributed by atoms with E-state index in [0.29, 0.717) is 0 Å². The van der Waals surface area contributed by atoms with Crippen LogP contribution in [0.2, 0.25) is 0 Å². The van der Waals surface area contributed by atoms with Crippen molar-refractivity contribution in [3.05, 3.63) is 28.2 Å². The molecular weight excluding hydrogens is 280 g/mol. The Kier molecular flexibility index (Phi) is 4.03. The van der Waals surface area contributed by atoms with Crippen LogP contribution in [0.3, 0.4) is 0 Å². The van der Waals surface area contributed by atoms with E-state index in [2.05, 4.69) is 26.9 Å². The highest BCUT2D eigenvalue weighted by atomic mass is 79.9. The number of hydrogen-bond donors (Lipinski definition) is 0. The predicted octanol–water partition coefficient (Wildman–Crippen LogP) is 3.12. The summed E-state index contributed by atoms with van der Waals surface area (Å²) in [5, 5.41) is 9.39. The van der Waals surface area contributed by atoms with Gasteiger partial charge in [0, 0.05) is 10.0 Å². The molecule has 2 rings (SSSR count). The molecule has 0 bridgehead atoms. The van der Waals surface area contributed by atoms with Gasteiger partial charge < -0.3 is 4.74 Å². The second-order valence-electron chi connectivity index (χ2n) is 4.16. The van der Waals surface area contributed by atoms with Gasteiger partial charge in [-0.25, -0.2) is 0 Å². The van der Waals surface area contributed by atoms with E-state index in [-0.39, 0.29) is 6.04 Å². The number of halogens is 1. The van der Waals surface area contributed by atoms with Crippen molar-refractivity contribution in [2.75, 3.05) is 20.2 Å². The lowest BCUT2D eigenvalue weighted by Gasteiger charge is -2.23. The number of methoxy groups -OCH3 is 1. The monoisotopic (exact) mass is 294 g/mol. The highest BCUT2D eigenvalue weighted by molar-refractivity contribution is 9.10. The maximum atomic E-state index is 9.39. The molecule has 4 heteroatoms. The summed E-state index contributed by atoms with van der Waals surface area (Å²) < 4.78 is 6.32. The van der Waals surface area contributed by atoms with Crippen molar-refractivity contribution < 1.29 is 4.74 Å². The van der Waals surface area contributed by atoms with Crippen molar-refractivity contribution in [3.63, 3.8) is 0 Å². The van der Waals surface area contributed by atoms with E-state index in [9.17, 15) is 5.26 Å². The van der Waals surface area contributed by atoms with E-state index in [1.165, 1.54) is 12.8 Å². The van der Waals surface area contributed by atoms with Gasteiger partial charge in [-0.05, 0) is 44.1 Å². The zero-order valence-electron chi connectivity index (χ0n) is 9.82. The van der Waals surface area contributed by atoms with Crippen molar-refractivity contribution in [2.45, 2.75) is 18.9 Å². The molecule has 1 heterocycles. The minimum Gasteiger partial charge on any atom is -0.496 e. The van der Waals surface area contributed by atoms with Gasteiger partial charge in [-0.2, -0.15) is 5.26 Å². The molecule has 1 aliphatic heterocycles. The summed E-state index contributed by atoms with van der Waals surface area (Å²) in [6.07, 6.45) is 2.35. The first kappa shape index (κ1) is 12.4. The number of likely N-dealkylation sites (tertiary alicyclic amines) is 1. The van der Waals surface area contributed by atoms with Gasteiger partial charge in [-0.15, -0.1) is 0 Å². The van der Waals surface area contributed by atoms with Gasteiger partial charge in [0.25, 0.3) is 0 Å². The predicted molar refractivity (Wildman–Crippen MR) is 69.9 cm³/mol. The van der Waals surface area contributed by atoms with Crippen molar-refractivity contribution in [3.8, 4) is 11.8 Å². The Bertz CT molecular complexity index is 436. The lowest BCUT2D eigenvalue weighted by Crippen LogP contribution is -2.24. The van der Waals surface area contributed by atoms with Crippen molar-refractivity contribution in [2.24, 2.45) is 0 Å². The molecule has 0 N–H and O–H groups in total. The molecule has 0 radical (unpaired) electrons. The first-order valence-electron chi connectivity index (χ1n) is 5.73. The van der Waals surface area contributed by atoms with Gasteiger partial charge in [0.2, 0.25) is 0 Å². The Hall–Kier alpha value is -1.05. The summed E-state index contributed by atoms with van der Waals surface area (Å²) in [6, 6.07) is 7.99. The molecule has 0 aliphatic carbocycles. The van der Waals surface area contributed by atoms with Crippen LogP contribution < -0.4 is 4.74 Å². The van der Waals surface area contributed by atoms with E-state index in [4.69, 9.17) is 4.74 Å². The van der Waals surface area contributed by atoms with E-state index >= 15 is 0 Å². The molecule has 1 aliphatic rings. The largest absolute Gasteiger partial charge is 0.496 e. The third-order valence-corrected chi connectivity index (χ3v) is 3.61. The second-order valence-corrected chi connectivity index (χ2v) is 5.08. The number of benzene rings is 1. The highest BCUT2D eigenvalue weighted by Gasteiger charge is 2.25. The van der Waals surface area contributed by atoms with Crippen molar-refractivity contribution >= 4 is 15.9 Å². The first-order valence-corrected chi connectivity index (χ1v) is 6.52. The quantitative estimate of drug-likeness (QED) is 0.859. The van der Waals surface area contributed by atoms with Crippen LogP contribution >= 0.6 is 15.9 Å². The summed E-state index contributed by atoms with van der Waals surface area (Å²) >= 11 is 3.45. The zero-order chi connectivity index (χ0) is 12.3. The Balaban J connectivity index is 2.35. The van der Waals surface area contributed by atoms with Gasteiger partial charge in [0.15, 0.2) is 0 Å². The van der Waals surface area contributed by atoms with Gasteiger partial charge in [0.1, 0.15) is 11.8 Å². The van der Waals surface area contributed by atoms with Crippen LogP contribution in [0.15, 0.2) is 22.7 Å². The van der Waals surface area contributed by atoms with Gasteiger partial charge >= 0.3 is 0 Å². The Labute approximate surface area is 110 Å². The molecule has 0 aromatic heterocycles. The average Bonchev–Trinajstić information content (AvgIpc) is 2.84. The van der Waals surface area contributed by atoms with E-state index < -0.39 is 0 Å².